The van der Waals surface area contributed by atoms with Gasteiger partial charge in [0.1, 0.15) is 5.75 Å². The van der Waals surface area contributed by atoms with Gasteiger partial charge in [0.2, 0.25) is 5.91 Å². The first-order chi connectivity index (χ1) is 12.5. The molecule has 6 heteroatoms. The number of carbonyl (C=O) groups excluding carboxylic acids is 2. The second-order valence-electron chi connectivity index (χ2n) is 6.95. The number of esters is 1. The van der Waals surface area contributed by atoms with Gasteiger partial charge in [0.05, 0.1) is 20.8 Å². The second-order valence-corrected chi connectivity index (χ2v) is 6.95. The zero-order valence-electron chi connectivity index (χ0n) is 16.1. The molecule has 1 fully saturated rings. The zero-order valence-corrected chi connectivity index (χ0v) is 16.1. The van der Waals surface area contributed by atoms with Crippen LogP contribution in [0, 0.1) is 5.92 Å². The molecule has 1 aliphatic heterocycles. The van der Waals surface area contributed by atoms with E-state index in [4.69, 9.17) is 9.47 Å². The normalized spacial score (nSPS) is 18.0. The lowest BCUT2D eigenvalue weighted by atomic mass is 9.97. The largest absolute Gasteiger partial charge is 0.497 e. The monoisotopic (exact) mass is 362 g/mol. The molecule has 1 saturated heterocycles. The highest BCUT2D eigenvalue weighted by atomic mass is 16.5. The third-order valence-electron chi connectivity index (χ3n) is 4.96. The number of ether oxygens (including phenoxy) is 2. The van der Waals surface area contributed by atoms with Crippen molar-refractivity contribution >= 4 is 11.9 Å². The summed E-state index contributed by atoms with van der Waals surface area (Å²) in [5.74, 6) is 1.13. The van der Waals surface area contributed by atoms with Crippen molar-refractivity contribution in [3.63, 3.8) is 0 Å². The Hall–Kier alpha value is -2.08. The summed E-state index contributed by atoms with van der Waals surface area (Å²) in [5, 5.41) is 0. The number of amides is 1. The van der Waals surface area contributed by atoms with E-state index < -0.39 is 0 Å². The number of likely N-dealkylation sites (N-methyl/N-ethyl adjacent to an activating group) is 1. The van der Waals surface area contributed by atoms with Crippen LogP contribution in [0.15, 0.2) is 24.3 Å². The molecule has 1 aliphatic rings. The van der Waals surface area contributed by atoms with Crippen molar-refractivity contribution in [2.45, 2.75) is 32.2 Å². The van der Waals surface area contributed by atoms with Crippen molar-refractivity contribution < 1.29 is 19.1 Å². The lowest BCUT2D eigenvalue weighted by molar-refractivity contribution is -0.141. The van der Waals surface area contributed by atoms with Crippen LogP contribution >= 0.6 is 0 Å². The molecule has 0 saturated carbocycles. The van der Waals surface area contributed by atoms with Crippen molar-refractivity contribution in [3.8, 4) is 5.75 Å². The Morgan fingerprint density at radius 2 is 2.04 bits per heavy atom. The first kappa shape index (κ1) is 20.2. The molecule has 0 radical (unpaired) electrons. The van der Waals surface area contributed by atoms with Gasteiger partial charge in [-0.1, -0.05) is 12.1 Å². The van der Waals surface area contributed by atoms with Gasteiger partial charge in [-0.2, -0.15) is 0 Å². The highest BCUT2D eigenvalue weighted by Gasteiger charge is 2.22. The molecule has 0 aliphatic carbocycles. The molecule has 26 heavy (non-hydrogen) atoms. The Labute approximate surface area is 156 Å². The van der Waals surface area contributed by atoms with Crippen molar-refractivity contribution in [3.05, 3.63) is 29.8 Å². The van der Waals surface area contributed by atoms with E-state index >= 15 is 0 Å². The minimum absolute atomic E-state index is 0.110. The van der Waals surface area contributed by atoms with Crippen molar-refractivity contribution in [1.82, 2.24) is 9.80 Å². The van der Waals surface area contributed by atoms with Crippen LogP contribution < -0.4 is 4.74 Å². The molecule has 2 rings (SSSR count). The van der Waals surface area contributed by atoms with Gasteiger partial charge in [-0.15, -0.1) is 0 Å². The smallest absolute Gasteiger partial charge is 0.305 e. The van der Waals surface area contributed by atoms with Crippen LogP contribution in [-0.4, -0.2) is 62.6 Å². The summed E-state index contributed by atoms with van der Waals surface area (Å²) in [7, 11) is 4.91. The molecule has 1 heterocycles. The molecule has 0 aromatic heterocycles. The van der Waals surface area contributed by atoms with Crippen molar-refractivity contribution in [1.29, 1.82) is 0 Å². The molecule has 0 bridgehead atoms. The van der Waals surface area contributed by atoms with E-state index in [2.05, 4.69) is 4.90 Å². The molecular weight excluding hydrogens is 332 g/mol. The fourth-order valence-corrected chi connectivity index (χ4v) is 3.35. The summed E-state index contributed by atoms with van der Waals surface area (Å²) < 4.78 is 10.0. The van der Waals surface area contributed by atoms with Crippen molar-refractivity contribution in [2.75, 3.05) is 40.9 Å². The maximum atomic E-state index is 12.6. The summed E-state index contributed by atoms with van der Waals surface area (Å²) in [6, 6.07) is 7.78. The van der Waals surface area contributed by atoms with Gasteiger partial charge in [-0.25, -0.2) is 0 Å². The second kappa shape index (κ2) is 10.2. The van der Waals surface area contributed by atoms with E-state index in [9.17, 15) is 9.59 Å². The number of carbonyl (C=O) groups is 2. The SMILES string of the molecule is COC(=O)C[C@@H]1CCCN(CC(=O)N(C)Cc2cccc(OC)c2)CC1. The van der Waals surface area contributed by atoms with Crippen LogP contribution in [-0.2, 0) is 20.9 Å². The van der Waals surface area contributed by atoms with Crippen LogP contribution in [0.4, 0.5) is 0 Å². The van der Waals surface area contributed by atoms with E-state index in [-0.39, 0.29) is 11.9 Å². The van der Waals surface area contributed by atoms with Crippen LogP contribution in [0.2, 0.25) is 0 Å². The van der Waals surface area contributed by atoms with Gasteiger partial charge in [0.25, 0.3) is 0 Å². The minimum atomic E-state index is -0.141. The fourth-order valence-electron chi connectivity index (χ4n) is 3.35. The standard InChI is InChI=1S/C20H30N2O4/c1-21(14-17-6-4-8-18(12-17)25-2)19(23)15-22-10-5-7-16(9-11-22)13-20(24)26-3/h4,6,8,12,16H,5,7,9-11,13-15H2,1-3H3/t16-/m1/s1. The Kier molecular flexibility index (Phi) is 7.91. The predicted octanol–water partition coefficient (Wildman–Crippen LogP) is 2.32. The number of benzene rings is 1. The molecule has 144 valence electrons. The maximum absolute atomic E-state index is 12.6. The van der Waals surface area contributed by atoms with Crippen LogP contribution in [0.1, 0.15) is 31.2 Å². The summed E-state index contributed by atoms with van der Waals surface area (Å²) in [6.45, 7) is 2.73. The molecule has 6 nitrogen and oxygen atoms in total. The fraction of sp³-hybridized carbons (Fsp3) is 0.600. The number of methoxy groups -OCH3 is 2. The Morgan fingerprint density at radius 1 is 1.23 bits per heavy atom. The van der Waals surface area contributed by atoms with E-state index in [0.29, 0.717) is 25.4 Å². The van der Waals surface area contributed by atoms with E-state index in [1.807, 2.05) is 31.3 Å². The number of likely N-dealkylation sites (tertiary alicyclic amines) is 1. The lowest BCUT2D eigenvalue weighted by Crippen LogP contribution is -2.38. The Morgan fingerprint density at radius 3 is 2.77 bits per heavy atom. The average Bonchev–Trinajstić information content (AvgIpc) is 2.86. The summed E-state index contributed by atoms with van der Waals surface area (Å²) >= 11 is 0. The van der Waals surface area contributed by atoms with Gasteiger partial charge in [0, 0.05) is 20.0 Å². The van der Waals surface area contributed by atoms with Gasteiger partial charge in [-0.05, 0) is 56.0 Å². The average molecular weight is 362 g/mol. The first-order valence-corrected chi connectivity index (χ1v) is 9.18. The summed E-state index contributed by atoms with van der Waals surface area (Å²) in [4.78, 5) is 28.0. The quantitative estimate of drug-likeness (QED) is 0.697. The summed E-state index contributed by atoms with van der Waals surface area (Å²) in [6.07, 6.45) is 3.43. The number of hydrogen-bond donors (Lipinski definition) is 0. The van der Waals surface area contributed by atoms with E-state index in [1.54, 1.807) is 12.0 Å². The molecule has 1 aromatic rings. The van der Waals surface area contributed by atoms with E-state index in [0.717, 1.165) is 43.7 Å². The first-order valence-electron chi connectivity index (χ1n) is 9.18. The van der Waals surface area contributed by atoms with Crippen LogP contribution in [0.5, 0.6) is 5.75 Å². The topological polar surface area (TPSA) is 59.1 Å². The molecule has 0 unspecified atom stereocenters. The summed E-state index contributed by atoms with van der Waals surface area (Å²) in [5.41, 5.74) is 1.05. The van der Waals surface area contributed by atoms with Gasteiger partial charge in [0.15, 0.2) is 0 Å². The molecule has 0 spiro atoms. The Bertz CT molecular complexity index is 605. The van der Waals surface area contributed by atoms with E-state index in [1.165, 1.54) is 7.11 Å². The maximum Gasteiger partial charge on any atom is 0.305 e. The lowest BCUT2D eigenvalue weighted by Gasteiger charge is -2.24. The molecule has 1 amide bonds. The van der Waals surface area contributed by atoms with Gasteiger partial charge in [-0.3, -0.25) is 14.5 Å². The highest BCUT2D eigenvalue weighted by molar-refractivity contribution is 5.78. The van der Waals surface area contributed by atoms with Crippen molar-refractivity contribution in [2.24, 2.45) is 5.92 Å². The molecular formula is C20H30N2O4. The predicted molar refractivity (Wildman–Crippen MR) is 99.9 cm³/mol. The number of hydrogen-bond acceptors (Lipinski definition) is 5. The Balaban J connectivity index is 1.81. The molecule has 0 N–H and O–H groups in total. The third-order valence-corrected chi connectivity index (χ3v) is 4.96. The van der Waals surface area contributed by atoms with Crippen LogP contribution in [0.25, 0.3) is 0 Å². The highest BCUT2D eigenvalue weighted by Crippen LogP contribution is 2.21. The molecule has 1 atom stereocenters. The minimum Gasteiger partial charge on any atom is -0.497 e. The third kappa shape index (κ3) is 6.33. The van der Waals surface area contributed by atoms with Crippen LogP contribution in [0.3, 0.4) is 0 Å². The zero-order chi connectivity index (χ0) is 18.9. The number of rotatable bonds is 7. The van der Waals surface area contributed by atoms with Gasteiger partial charge < -0.3 is 14.4 Å². The number of nitrogens with zero attached hydrogens (tertiary/aromatic N) is 2. The molecule has 1 aromatic carbocycles. The van der Waals surface area contributed by atoms with Gasteiger partial charge >= 0.3 is 5.97 Å².